The molecule has 0 spiro atoms. The van der Waals surface area contributed by atoms with Crippen LogP contribution in [0.2, 0.25) is 5.02 Å². The van der Waals surface area contributed by atoms with Gasteiger partial charge in [0.1, 0.15) is 0 Å². The molecule has 0 aliphatic carbocycles. The predicted molar refractivity (Wildman–Crippen MR) is 93.9 cm³/mol. The maximum absolute atomic E-state index is 12.2. The van der Waals surface area contributed by atoms with Crippen LogP contribution in [0, 0.1) is 0 Å². The Bertz CT molecular complexity index is 548. The number of hydrogen-bond acceptors (Lipinski definition) is 4. The Morgan fingerprint density at radius 2 is 1.78 bits per heavy atom. The van der Waals surface area contributed by atoms with Crippen LogP contribution in [0.15, 0.2) is 24.3 Å². The molecule has 1 aromatic carbocycles. The molecule has 1 saturated heterocycles. The van der Waals surface area contributed by atoms with E-state index >= 15 is 0 Å². The van der Waals surface area contributed by atoms with E-state index in [2.05, 4.69) is 4.90 Å². The van der Waals surface area contributed by atoms with Gasteiger partial charge in [0.25, 0.3) is 0 Å². The van der Waals surface area contributed by atoms with Gasteiger partial charge in [0.15, 0.2) is 0 Å². The number of para-hydroxylation sites is 1. The van der Waals surface area contributed by atoms with Crippen LogP contribution in [-0.4, -0.2) is 48.9 Å². The number of rotatable bonds is 5. The number of benzene rings is 1. The van der Waals surface area contributed by atoms with Crippen LogP contribution in [0.1, 0.15) is 12.8 Å². The third-order valence-electron chi connectivity index (χ3n) is 3.80. The van der Waals surface area contributed by atoms with Gasteiger partial charge in [-0.3, -0.25) is 9.59 Å². The Balaban J connectivity index is 0.00000264. The number of amides is 2. The monoisotopic (exact) mass is 360 g/mol. The van der Waals surface area contributed by atoms with Gasteiger partial charge in [-0.2, -0.15) is 0 Å². The zero-order valence-corrected chi connectivity index (χ0v) is 14.4. The fraction of sp³-hybridized carbons (Fsp3) is 0.467. The highest BCUT2D eigenvalue weighted by atomic mass is 35.5. The summed E-state index contributed by atoms with van der Waals surface area (Å²) in [6, 6.07) is 6.99. The normalized spacial score (nSPS) is 15.7. The molecule has 1 aliphatic heterocycles. The molecule has 1 aromatic rings. The highest BCUT2D eigenvalue weighted by Crippen LogP contribution is 2.26. The molecule has 0 saturated carbocycles. The second-order valence-electron chi connectivity index (χ2n) is 5.38. The van der Waals surface area contributed by atoms with Crippen molar-refractivity contribution in [3.63, 3.8) is 0 Å². The van der Waals surface area contributed by atoms with Gasteiger partial charge in [-0.05, 0) is 18.6 Å². The van der Waals surface area contributed by atoms with Crippen molar-refractivity contribution in [3.8, 4) is 0 Å². The van der Waals surface area contributed by atoms with Gasteiger partial charge in [0.2, 0.25) is 11.8 Å². The molecule has 0 bridgehead atoms. The molecule has 1 heterocycles. The zero-order chi connectivity index (χ0) is 16.1. The molecule has 1 atom stereocenters. The number of primary amides is 1. The molecule has 0 aromatic heterocycles. The minimum atomic E-state index is -0.667. The van der Waals surface area contributed by atoms with E-state index in [9.17, 15) is 9.59 Å². The summed E-state index contributed by atoms with van der Waals surface area (Å²) in [7, 11) is 0. The van der Waals surface area contributed by atoms with Gasteiger partial charge in [-0.1, -0.05) is 23.7 Å². The maximum atomic E-state index is 12.2. The third kappa shape index (κ3) is 5.27. The lowest BCUT2D eigenvalue weighted by Crippen LogP contribution is -2.53. The van der Waals surface area contributed by atoms with Crippen molar-refractivity contribution >= 4 is 41.5 Å². The Labute approximate surface area is 147 Å². The van der Waals surface area contributed by atoms with Gasteiger partial charge < -0.3 is 21.3 Å². The lowest BCUT2D eigenvalue weighted by molar-refractivity contribution is -0.133. The quantitative estimate of drug-likeness (QED) is 0.819. The standard InChI is InChI=1S/C15H21ClN4O2.ClH/c16-11-3-1-2-4-13(11)19-7-9-20(10-8-19)15(22)12(17)5-6-14(18)21;/h1-4,12H,5-10,17H2,(H2,18,21);1H/t12-;/m0./s1. The maximum Gasteiger partial charge on any atom is 0.239 e. The van der Waals surface area contributed by atoms with Crippen molar-refractivity contribution in [2.24, 2.45) is 11.5 Å². The summed E-state index contributed by atoms with van der Waals surface area (Å²) in [5, 5.41) is 0.709. The van der Waals surface area contributed by atoms with E-state index in [1.165, 1.54) is 0 Å². The molecule has 0 radical (unpaired) electrons. The first kappa shape index (κ1) is 19.5. The Morgan fingerprint density at radius 1 is 1.17 bits per heavy atom. The molecular weight excluding hydrogens is 339 g/mol. The van der Waals surface area contributed by atoms with E-state index in [0.717, 1.165) is 5.69 Å². The fourth-order valence-electron chi connectivity index (χ4n) is 2.53. The fourth-order valence-corrected chi connectivity index (χ4v) is 2.79. The first-order chi connectivity index (χ1) is 10.5. The van der Waals surface area contributed by atoms with Crippen molar-refractivity contribution in [3.05, 3.63) is 29.3 Å². The lowest BCUT2D eigenvalue weighted by atomic mass is 10.1. The number of carbonyl (C=O) groups is 2. The van der Waals surface area contributed by atoms with Gasteiger partial charge >= 0.3 is 0 Å². The number of halogens is 2. The predicted octanol–water partition coefficient (Wildman–Crippen LogP) is 1.00. The molecule has 1 fully saturated rings. The molecular formula is C15H22Cl2N4O2. The van der Waals surface area contributed by atoms with E-state index in [1.807, 2.05) is 24.3 Å². The average Bonchev–Trinajstić information content (AvgIpc) is 2.52. The van der Waals surface area contributed by atoms with Crippen LogP contribution in [0.4, 0.5) is 5.69 Å². The summed E-state index contributed by atoms with van der Waals surface area (Å²) in [5.74, 6) is -0.563. The van der Waals surface area contributed by atoms with Crippen molar-refractivity contribution < 1.29 is 9.59 Å². The molecule has 2 amide bonds. The molecule has 8 heteroatoms. The summed E-state index contributed by atoms with van der Waals surface area (Å²) >= 11 is 6.19. The number of piperazine rings is 1. The van der Waals surface area contributed by atoms with Gasteiger partial charge in [0.05, 0.1) is 16.8 Å². The molecule has 4 N–H and O–H groups in total. The number of nitrogens with zero attached hydrogens (tertiary/aromatic N) is 2. The first-order valence-corrected chi connectivity index (χ1v) is 7.69. The van der Waals surface area contributed by atoms with Crippen molar-refractivity contribution in [2.75, 3.05) is 31.1 Å². The van der Waals surface area contributed by atoms with E-state index in [1.54, 1.807) is 4.90 Å². The highest BCUT2D eigenvalue weighted by molar-refractivity contribution is 6.33. The smallest absolute Gasteiger partial charge is 0.239 e. The van der Waals surface area contributed by atoms with E-state index in [4.69, 9.17) is 23.1 Å². The van der Waals surface area contributed by atoms with E-state index < -0.39 is 11.9 Å². The summed E-state index contributed by atoms with van der Waals surface area (Å²) in [5.41, 5.74) is 11.9. The van der Waals surface area contributed by atoms with E-state index in [0.29, 0.717) is 37.6 Å². The van der Waals surface area contributed by atoms with Gasteiger partial charge in [-0.25, -0.2) is 0 Å². The largest absolute Gasteiger partial charge is 0.370 e. The van der Waals surface area contributed by atoms with Crippen LogP contribution in [0.5, 0.6) is 0 Å². The lowest BCUT2D eigenvalue weighted by Gasteiger charge is -2.37. The minimum absolute atomic E-state index is 0. The summed E-state index contributed by atoms with van der Waals surface area (Å²) < 4.78 is 0. The SMILES string of the molecule is Cl.NC(=O)CC[C@H](N)C(=O)N1CCN(c2ccccc2Cl)CC1. The summed E-state index contributed by atoms with van der Waals surface area (Å²) in [4.78, 5) is 26.9. The minimum Gasteiger partial charge on any atom is -0.370 e. The average molecular weight is 361 g/mol. The Hall–Kier alpha value is -1.50. The van der Waals surface area contributed by atoms with Crippen LogP contribution >= 0.6 is 24.0 Å². The van der Waals surface area contributed by atoms with Gasteiger partial charge in [0, 0.05) is 32.6 Å². The second kappa shape index (κ2) is 8.96. The van der Waals surface area contributed by atoms with Crippen molar-refractivity contribution in [1.82, 2.24) is 4.90 Å². The molecule has 6 nitrogen and oxygen atoms in total. The van der Waals surface area contributed by atoms with Crippen LogP contribution in [0.25, 0.3) is 0 Å². The Morgan fingerprint density at radius 3 is 2.35 bits per heavy atom. The molecule has 1 aliphatic rings. The topological polar surface area (TPSA) is 92.7 Å². The molecule has 23 heavy (non-hydrogen) atoms. The number of anilines is 1. The number of carbonyl (C=O) groups excluding carboxylic acids is 2. The van der Waals surface area contributed by atoms with Crippen LogP contribution in [-0.2, 0) is 9.59 Å². The van der Waals surface area contributed by atoms with Crippen molar-refractivity contribution in [1.29, 1.82) is 0 Å². The summed E-state index contributed by atoms with van der Waals surface area (Å²) in [6.07, 6.45) is 0.422. The molecule has 2 rings (SSSR count). The number of hydrogen-bond donors (Lipinski definition) is 2. The van der Waals surface area contributed by atoms with Gasteiger partial charge in [-0.15, -0.1) is 12.4 Å². The van der Waals surface area contributed by atoms with Crippen molar-refractivity contribution in [2.45, 2.75) is 18.9 Å². The summed E-state index contributed by atoms with van der Waals surface area (Å²) in [6.45, 7) is 2.60. The Kier molecular flexibility index (Phi) is 7.61. The highest BCUT2D eigenvalue weighted by Gasteiger charge is 2.26. The zero-order valence-electron chi connectivity index (χ0n) is 12.8. The molecule has 128 valence electrons. The number of nitrogens with two attached hydrogens (primary N) is 2. The second-order valence-corrected chi connectivity index (χ2v) is 5.78. The van der Waals surface area contributed by atoms with Crippen LogP contribution < -0.4 is 16.4 Å². The third-order valence-corrected chi connectivity index (χ3v) is 4.12. The molecule has 0 unspecified atom stereocenters. The van der Waals surface area contributed by atoms with E-state index in [-0.39, 0.29) is 24.7 Å². The van der Waals surface area contributed by atoms with Crippen LogP contribution in [0.3, 0.4) is 0 Å². The first-order valence-electron chi connectivity index (χ1n) is 7.31.